The van der Waals surface area contributed by atoms with E-state index in [2.05, 4.69) is 26.9 Å². The standard InChI is InChI=1S/C23H23FN4O2S/c1-15-20(25-22(30-15)17-13-16(29-2)7-8-18(17)24)14-27-9-11-28(12-10-27)23-26-19-5-3-4-6-21(19)31-23/h3-8,13H,9-12,14H2,1-2H3. The molecule has 1 aliphatic heterocycles. The number of aromatic nitrogens is 2. The van der Waals surface area contributed by atoms with Crippen LogP contribution in [0.5, 0.6) is 5.75 Å². The lowest BCUT2D eigenvalue weighted by molar-refractivity contribution is 0.246. The van der Waals surface area contributed by atoms with Crippen molar-refractivity contribution in [3.8, 4) is 17.2 Å². The number of hydrogen-bond acceptors (Lipinski definition) is 7. The average molecular weight is 439 g/mol. The molecule has 0 unspecified atom stereocenters. The number of halogens is 1. The first-order valence-electron chi connectivity index (χ1n) is 10.2. The molecule has 0 atom stereocenters. The van der Waals surface area contributed by atoms with Crippen LogP contribution in [0.4, 0.5) is 9.52 Å². The number of oxazole rings is 1. The Labute approximate surface area is 183 Å². The maximum absolute atomic E-state index is 14.3. The summed E-state index contributed by atoms with van der Waals surface area (Å²) in [4.78, 5) is 14.0. The molecule has 2 aromatic carbocycles. The van der Waals surface area contributed by atoms with E-state index in [9.17, 15) is 4.39 Å². The Morgan fingerprint density at radius 1 is 1.10 bits per heavy atom. The van der Waals surface area contributed by atoms with Crippen LogP contribution in [0, 0.1) is 12.7 Å². The molecule has 4 aromatic rings. The Kier molecular flexibility index (Phi) is 5.33. The van der Waals surface area contributed by atoms with E-state index in [-0.39, 0.29) is 11.7 Å². The summed E-state index contributed by atoms with van der Waals surface area (Å²) in [6, 6.07) is 12.8. The fourth-order valence-electron chi connectivity index (χ4n) is 3.79. The van der Waals surface area contributed by atoms with Crippen LogP contribution in [0.3, 0.4) is 0 Å². The summed E-state index contributed by atoms with van der Waals surface area (Å²) in [6.45, 7) is 6.19. The summed E-state index contributed by atoms with van der Waals surface area (Å²) >= 11 is 1.74. The van der Waals surface area contributed by atoms with Gasteiger partial charge in [-0.2, -0.15) is 0 Å². The third kappa shape index (κ3) is 4.00. The molecule has 8 heteroatoms. The first-order chi connectivity index (χ1) is 15.1. The lowest BCUT2D eigenvalue weighted by Crippen LogP contribution is -2.46. The van der Waals surface area contributed by atoms with Gasteiger partial charge in [0.05, 0.1) is 28.6 Å². The van der Waals surface area contributed by atoms with Crippen LogP contribution in [0.15, 0.2) is 46.9 Å². The van der Waals surface area contributed by atoms with E-state index in [0.29, 0.717) is 23.6 Å². The lowest BCUT2D eigenvalue weighted by Gasteiger charge is -2.34. The van der Waals surface area contributed by atoms with E-state index >= 15 is 0 Å². The molecule has 0 bridgehead atoms. The number of thiazole rings is 1. The highest BCUT2D eigenvalue weighted by Crippen LogP contribution is 2.30. The van der Waals surface area contributed by atoms with Gasteiger partial charge in [0.2, 0.25) is 5.89 Å². The van der Waals surface area contributed by atoms with Gasteiger partial charge in [0, 0.05) is 32.7 Å². The summed E-state index contributed by atoms with van der Waals surface area (Å²) in [5.74, 6) is 1.20. The van der Waals surface area contributed by atoms with E-state index in [1.165, 1.54) is 10.8 Å². The molecule has 160 valence electrons. The largest absolute Gasteiger partial charge is 0.497 e. The van der Waals surface area contributed by atoms with Crippen molar-refractivity contribution in [2.24, 2.45) is 0 Å². The second-order valence-electron chi connectivity index (χ2n) is 7.60. The number of piperazine rings is 1. The Hall–Kier alpha value is -2.97. The van der Waals surface area contributed by atoms with Crippen molar-refractivity contribution >= 4 is 26.7 Å². The predicted octanol–water partition coefficient (Wildman–Crippen LogP) is 4.73. The normalized spacial score (nSPS) is 15.0. The number of fused-ring (bicyclic) bond motifs is 1. The highest BCUT2D eigenvalue weighted by Gasteiger charge is 2.23. The molecular weight excluding hydrogens is 415 g/mol. The number of aryl methyl sites for hydroxylation is 1. The molecule has 0 aliphatic carbocycles. The molecule has 1 saturated heterocycles. The molecule has 0 spiro atoms. The maximum Gasteiger partial charge on any atom is 0.229 e. The molecule has 1 aliphatic rings. The molecule has 2 aromatic heterocycles. The molecule has 0 amide bonds. The minimum Gasteiger partial charge on any atom is -0.497 e. The SMILES string of the molecule is COc1ccc(F)c(-c2nc(CN3CCN(c4nc5ccccc5s4)CC3)c(C)o2)c1. The Balaban J connectivity index is 1.26. The van der Waals surface area contributed by atoms with Crippen LogP contribution in [0.1, 0.15) is 11.5 Å². The van der Waals surface area contributed by atoms with Crippen LogP contribution >= 0.6 is 11.3 Å². The number of nitrogens with zero attached hydrogens (tertiary/aromatic N) is 4. The first-order valence-corrected chi connectivity index (χ1v) is 11.1. The zero-order valence-corrected chi connectivity index (χ0v) is 18.3. The van der Waals surface area contributed by atoms with Crippen molar-refractivity contribution in [1.29, 1.82) is 0 Å². The maximum atomic E-state index is 14.3. The van der Waals surface area contributed by atoms with Crippen molar-refractivity contribution in [1.82, 2.24) is 14.9 Å². The molecule has 0 radical (unpaired) electrons. The second kappa shape index (κ2) is 8.28. The second-order valence-corrected chi connectivity index (χ2v) is 8.60. The van der Waals surface area contributed by atoms with Gasteiger partial charge in [-0.3, -0.25) is 4.90 Å². The summed E-state index contributed by atoms with van der Waals surface area (Å²) < 4.78 is 26.5. The van der Waals surface area contributed by atoms with Crippen molar-refractivity contribution in [3.05, 3.63) is 59.7 Å². The van der Waals surface area contributed by atoms with Gasteiger partial charge in [-0.15, -0.1) is 0 Å². The van der Waals surface area contributed by atoms with Crippen molar-refractivity contribution in [2.75, 3.05) is 38.2 Å². The topological polar surface area (TPSA) is 54.6 Å². The minimum absolute atomic E-state index is 0.289. The highest BCUT2D eigenvalue weighted by atomic mass is 32.1. The van der Waals surface area contributed by atoms with Crippen LogP contribution < -0.4 is 9.64 Å². The van der Waals surface area contributed by atoms with E-state index in [1.54, 1.807) is 30.6 Å². The summed E-state index contributed by atoms with van der Waals surface area (Å²) in [6.07, 6.45) is 0. The zero-order valence-electron chi connectivity index (χ0n) is 17.5. The van der Waals surface area contributed by atoms with Gasteiger partial charge in [0.1, 0.15) is 17.3 Å². The van der Waals surface area contributed by atoms with Gasteiger partial charge in [-0.25, -0.2) is 14.4 Å². The number of methoxy groups -OCH3 is 1. The van der Waals surface area contributed by atoms with Gasteiger partial charge >= 0.3 is 0 Å². The van der Waals surface area contributed by atoms with E-state index < -0.39 is 0 Å². The minimum atomic E-state index is -0.377. The molecule has 31 heavy (non-hydrogen) atoms. The summed E-state index contributed by atoms with van der Waals surface area (Å²) in [5.41, 5.74) is 2.21. The number of hydrogen-bond donors (Lipinski definition) is 0. The van der Waals surface area contributed by atoms with Crippen LogP contribution in [0.25, 0.3) is 21.7 Å². The molecule has 6 nitrogen and oxygen atoms in total. The Bertz CT molecular complexity index is 1180. The van der Waals surface area contributed by atoms with Gasteiger partial charge in [0.15, 0.2) is 5.13 Å². The highest BCUT2D eigenvalue weighted by molar-refractivity contribution is 7.22. The molecule has 1 fully saturated rings. The molecule has 5 rings (SSSR count). The van der Waals surface area contributed by atoms with Gasteiger partial charge in [0.25, 0.3) is 0 Å². The van der Waals surface area contributed by atoms with Gasteiger partial charge in [-0.1, -0.05) is 23.5 Å². The zero-order chi connectivity index (χ0) is 21.4. The number of ether oxygens (including phenoxy) is 1. The fraction of sp³-hybridized carbons (Fsp3) is 0.304. The van der Waals surface area contributed by atoms with E-state index in [0.717, 1.165) is 42.5 Å². The quantitative estimate of drug-likeness (QED) is 0.449. The smallest absolute Gasteiger partial charge is 0.229 e. The van der Waals surface area contributed by atoms with Crippen LogP contribution in [-0.4, -0.2) is 48.2 Å². The molecule has 3 heterocycles. The monoisotopic (exact) mass is 438 g/mol. The molecular formula is C23H23FN4O2S. The fourth-order valence-corrected chi connectivity index (χ4v) is 4.81. The van der Waals surface area contributed by atoms with E-state index in [1.807, 2.05) is 19.1 Å². The average Bonchev–Trinajstić information content (AvgIpc) is 3.38. The Morgan fingerprint density at radius 3 is 2.68 bits per heavy atom. The Morgan fingerprint density at radius 2 is 1.90 bits per heavy atom. The van der Waals surface area contributed by atoms with Crippen LogP contribution in [0.2, 0.25) is 0 Å². The van der Waals surface area contributed by atoms with Crippen LogP contribution in [-0.2, 0) is 6.54 Å². The predicted molar refractivity (Wildman–Crippen MR) is 120 cm³/mol. The number of para-hydroxylation sites is 1. The van der Waals surface area contributed by atoms with Crippen molar-refractivity contribution in [2.45, 2.75) is 13.5 Å². The third-order valence-corrected chi connectivity index (χ3v) is 6.69. The van der Waals surface area contributed by atoms with Crippen molar-refractivity contribution < 1.29 is 13.5 Å². The summed E-state index contributed by atoms with van der Waals surface area (Å²) in [5, 5.41) is 1.08. The summed E-state index contributed by atoms with van der Waals surface area (Å²) in [7, 11) is 1.55. The molecule has 0 N–H and O–H groups in total. The third-order valence-electron chi connectivity index (χ3n) is 5.60. The number of rotatable bonds is 5. The lowest BCUT2D eigenvalue weighted by atomic mass is 10.2. The first kappa shape index (κ1) is 20.0. The number of benzene rings is 2. The van der Waals surface area contributed by atoms with Crippen molar-refractivity contribution in [3.63, 3.8) is 0 Å². The molecule has 0 saturated carbocycles. The van der Waals surface area contributed by atoms with E-state index in [4.69, 9.17) is 14.1 Å². The van der Waals surface area contributed by atoms with Gasteiger partial charge < -0.3 is 14.1 Å². The number of anilines is 1. The van der Waals surface area contributed by atoms with Gasteiger partial charge in [-0.05, 0) is 37.3 Å².